The number of hydrogen-bond acceptors (Lipinski definition) is 3. The fourth-order valence-electron chi connectivity index (χ4n) is 0.374. The predicted molar refractivity (Wildman–Crippen MR) is 29.5 cm³/mol. The largest absolute Gasteiger partial charge is 0.245 e. The number of aromatic nitrogens is 2. The summed E-state index contributed by atoms with van der Waals surface area (Å²) < 4.78 is 15.3. The highest BCUT2D eigenvalue weighted by molar-refractivity contribution is 7.05. The topological polar surface area (TPSA) is 25.8 Å². The maximum absolute atomic E-state index is 11.7. The standard InChI is InChI=1S/C4H5FN2S/c1-3-4(2-5)8-7-6-3/h2H2,1H3. The van der Waals surface area contributed by atoms with Gasteiger partial charge in [-0.15, -0.1) is 5.10 Å². The lowest BCUT2D eigenvalue weighted by molar-refractivity contribution is 0.489. The van der Waals surface area contributed by atoms with Crippen LogP contribution in [0.1, 0.15) is 10.6 Å². The summed E-state index contributed by atoms with van der Waals surface area (Å²) in [6, 6.07) is 0. The number of alkyl halides is 1. The van der Waals surface area contributed by atoms with Crippen molar-refractivity contribution in [3.05, 3.63) is 10.6 Å². The van der Waals surface area contributed by atoms with Crippen LogP contribution in [0.15, 0.2) is 0 Å². The van der Waals surface area contributed by atoms with E-state index in [1.807, 2.05) is 0 Å². The van der Waals surface area contributed by atoms with E-state index < -0.39 is 6.67 Å². The summed E-state index contributed by atoms with van der Waals surface area (Å²) in [5.41, 5.74) is 0.706. The van der Waals surface area contributed by atoms with Gasteiger partial charge >= 0.3 is 0 Å². The minimum atomic E-state index is -0.441. The second-order valence-electron chi connectivity index (χ2n) is 1.42. The zero-order chi connectivity index (χ0) is 5.98. The number of aryl methyl sites for hydroxylation is 1. The molecule has 0 saturated carbocycles. The first kappa shape index (κ1) is 5.62. The maximum Gasteiger partial charge on any atom is 0.127 e. The van der Waals surface area contributed by atoms with E-state index in [0.717, 1.165) is 11.5 Å². The molecule has 0 fully saturated rings. The van der Waals surface area contributed by atoms with Crippen molar-refractivity contribution < 1.29 is 4.39 Å². The molecule has 0 atom stereocenters. The van der Waals surface area contributed by atoms with Crippen LogP contribution in [0.4, 0.5) is 4.39 Å². The van der Waals surface area contributed by atoms with Crippen molar-refractivity contribution in [2.45, 2.75) is 13.6 Å². The molecule has 0 saturated heterocycles. The maximum atomic E-state index is 11.7. The van der Waals surface area contributed by atoms with E-state index in [1.54, 1.807) is 6.92 Å². The average Bonchev–Trinajstić information content (AvgIpc) is 2.14. The van der Waals surface area contributed by atoms with Crippen molar-refractivity contribution in [3.8, 4) is 0 Å². The van der Waals surface area contributed by atoms with E-state index in [9.17, 15) is 4.39 Å². The van der Waals surface area contributed by atoms with Gasteiger partial charge in [-0.25, -0.2) is 4.39 Å². The molecule has 0 radical (unpaired) electrons. The van der Waals surface area contributed by atoms with Gasteiger partial charge in [0.05, 0.1) is 10.6 Å². The van der Waals surface area contributed by atoms with Crippen LogP contribution in [-0.2, 0) is 6.67 Å². The van der Waals surface area contributed by atoms with Crippen LogP contribution in [0, 0.1) is 6.92 Å². The number of halogens is 1. The Morgan fingerprint density at radius 1 is 1.75 bits per heavy atom. The minimum Gasteiger partial charge on any atom is -0.245 e. The Bertz CT molecular complexity index is 174. The molecule has 0 aliphatic rings. The Balaban J connectivity index is 2.92. The molecule has 8 heavy (non-hydrogen) atoms. The van der Waals surface area contributed by atoms with Crippen LogP contribution in [0.2, 0.25) is 0 Å². The normalized spacial score (nSPS) is 9.75. The first-order valence-electron chi connectivity index (χ1n) is 2.18. The third-order valence-electron chi connectivity index (χ3n) is 0.867. The quantitative estimate of drug-likeness (QED) is 0.575. The number of hydrogen-bond donors (Lipinski definition) is 0. The zero-order valence-corrected chi connectivity index (χ0v) is 5.20. The summed E-state index contributed by atoms with van der Waals surface area (Å²) >= 11 is 1.11. The van der Waals surface area contributed by atoms with Gasteiger partial charge in [-0.1, -0.05) is 4.49 Å². The monoisotopic (exact) mass is 132 g/mol. The van der Waals surface area contributed by atoms with E-state index in [-0.39, 0.29) is 0 Å². The first-order chi connectivity index (χ1) is 3.84. The van der Waals surface area contributed by atoms with Crippen molar-refractivity contribution in [3.63, 3.8) is 0 Å². The third-order valence-corrected chi connectivity index (χ3v) is 1.65. The molecule has 0 spiro atoms. The van der Waals surface area contributed by atoms with Crippen LogP contribution in [-0.4, -0.2) is 9.59 Å². The van der Waals surface area contributed by atoms with Gasteiger partial charge in [0.15, 0.2) is 0 Å². The second-order valence-corrected chi connectivity index (χ2v) is 2.25. The molecule has 1 heterocycles. The molecule has 0 amide bonds. The van der Waals surface area contributed by atoms with E-state index >= 15 is 0 Å². The molecule has 0 bridgehead atoms. The lowest BCUT2D eigenvalue weighted by Gasteiger charge is -1.80. The van der Waals surface area contributed by atoms with Crippen LogP contribution in [0.3, 0.4) is 0 Å². The molecule has 0 aliphatic carbocycles. The summed E-state index contributed by atoms with van der Waals surface area (Å²) in [4.78, 5) is 0.630. The van der Waals surface area contributed by atoms with Crippen LogP contribution < -0.4 is 0 Å². The molecular formula is C4H5FN2S. The lowest BCUT2D eigenvalue weighted by atomic mass is 10.4. The molecule has 0 N–H and O–H groups in total. The Morgan fingerprint density at radius 2 is 2.50 bits per heavy atom. The lowest BCUT2D eigenvalue weighted by Crippen LogP contribution is -1.75. The second kappa shape index (κ2) is 2.17. The predicted octanol–water partition coefficient (Wildman–Crippen LogP) is 1.32. The highest BCUT2D eigenvalue weighted by Crippen LogP contribution is 2.09. The van der Waals surface area contributed by atoms with Crippen molar-refractivity contribution in [2.24, 2.45) is 0 Å². The fourth-order valence-corrected chi connectivity index (χ4v) is 0.857. The molecule has 0 unspecified atom stereocenters. The van der Waals surface area contributed by atoms with E-state index in [4.69, 9.17) is 0 Å². The Hall–Kier alpha value is -0.510. The van der Waals surface area contributed by atoms with E-state index in [1.165, 1.54) is 0 Å². The van der Waals surface area contributed by atoms with E-state index in [2.05, 4.69) is 9.59 Å². The zero-order valence-electron chi connectivity index (χ0n) is 4.39. The summed E-state index contributed by atoms with van der Waals surface area (Å²) in [6.07, 6.45) is 0. The number of rotatable bonds is 1. The van der Waals surface area contributed by atoms with Gasteiger partial charge in [-0.05, 0) is 18.5 Å². The van der Waals surface area contributed by atoms with E-state index in [0.29, 0.717) is 10.6 Å². The Kier molecular flexibility index (Phi) is 1.53. The molecule has 0 aliphatic heterocycles. The fraction of sp³-hybridized carbons (Fsp3) is 0.500. The first-order valence-corrected chi connectivity index (χ1v) is 2.95. The van der Waals surface area contributed by atoms with Gasteiger partial charge in [0.2, 0.25) is 0 Å². The average molecular weight is 132 g/mol. The van der Waals surface area contributed by atoms with Gasteiger partial charge < -0.3 is 0 Å². The minimum absolute atomic E-state index is 0.441. The highest BCUT2D eigenvalue weighted by Gasteiger charge is 1.98. The molecule has 1 rings (SSSR count). The summed E-state index contributed by atoms with van der Waals surface area (Å²) in [6.45, 7) is 1.31. The van der Waals surface area contributed by atoms with Crippen molar-refractivity contribution in [1.82, 2.24) is 9.59 Å². The van der Waals surface area contributed by atoms with Gasteiger partial charge in [-0.3, -0.25) is 0 Å². The van der Waals surface area contributed by atoms with Gasteiger partial charge in [0, 0.05) is 0 Å². The van der Waals surface area contributed by atoms with Crippen molar-refractivity contribution >= 4 is 11.5 Å². The third kappa shape index (κ3) is 0.838. The van der Waals surface area contributed by atoms with Crippen LogP contribution in [0.5, 0.6) is 0 Å². The van der Waals surface area contributed by atoms with Crippen LogP contribution in [0.25, 0.3) is 0 Å². The van der Waals surface area contributed by atoms with Gasteiger partial charge in [0.1, 0.15) is 6.67 Å². The highest BCUT2D eigenvalue weighted by atomic mass is 32.1. The molecule has 1 aromatic heterocycles. The van der Waals surface area contributed by atoms with Crippen molar-refractivity contribution in [2.75, 3.05) is 0 Å². The smallest absolute Gasteiger partial charge is 0.127 e. The molecular weight excluding hydrogens is 127 g/mol. The molecule has 2 nitrogen and oxygen atoms in total. The van der Waals surface area contributed by atoms with Crippen LogP contribution >= 0.6 is 11.5 Å². The molecule has 1 aromatic rings. The SMILES string of the molecule is Cc1nnsc1CF. The van der Waals surface area contributed by atoms with Gasteiger partial charge in [-0.2, -0.15) is 0 Å². The summed E-state index contributed by atoms with van der Waals surface area (Å²) in [7, 11) is 0. The number of nitrogens with zero attached hydrogens (tertiary/aromatic N) is 2. The molecule has 0 aromatic carbocycles. The van der Waals surface area contributed by atoms with Gasteiger partial charge in [0.25, 0.3) is 0 Å². The Morgan fingerprint density at radius 3 is 2.75 bits per heavy atom. The Labute approximate surface area is 50.5 Å². The molecule has 44 valence electrons. The molecule has 4 heteroatoms. The summed E-state index contributed by atoms with van der Waals surface area (Å²) in [5, 5.41) is 3.62. The van der Waals surface area contributed by atoms with Crippen molar-refractivity contribution in [1.29, 1.82) is 0 Å². The summed E-state index contributed by atoms with van der Waals surface area (Å²) in [5.74, 6) is 0.